The van der Waals surface area contributed by atoms with Crippen LogP contribution in [0.1, 0.15) is 25.3 Å². The van der Waals surface area contributed by atoms with Gasteiger partial charge in [-0.1, -0.05) is 37.3 Å². The Morgan fingerprint density at radius 3 is 2.37 bits per heavy atom. The Labute approximate surface area is 209 Å². The van der Waals surface area contributed by atoms with Crippen molar-refractivity contribution in [1.82, 2.24) is 4.90 Å². The predicted molar refractivity (Wildman–Crippen MR) is 138 cm³/mol. The first-order chi connectivity index (χ1) is 17.0. The second-order valence-electron chi connectivity index (χ2n) is 8.19. The minimum Gasteiger partial charge on any atom is -0.494 e. The maximum absolute atomic E-state index is 13.4. The summed E-state index contributed by atoms with van der Waals surface area (Å²) in [5.41, 5.74) is 2.03. The molecule has 1 aliphatic heterocycles. The molecule has 1 fully saturated rings. The normalized spacial score (nSPS) is 15.4. The first kappa shape index (κ1) is 24.3. The molecule has 0 bridgehead atoms. The number of ether oxygens (including phenoxy) is 1. The molecule has 3 aromatic rings. The zero-order valence-corrected chi connectivity index (χ0v) is 20.1. The third kappa shape index (κ3) is 5.84. The quantitative estimate of drug-likeness (QED) is 0.420. The number of amides is 2. The van der Waals surface area contributed by atoms with Gasteiger partial charge in [0.15, 0.2) is 5.11 Å². The summed E-state index contributed by atoms with van der Waals surface area (Å²) in [7, 11) is 0. The number of rotatable bonds is 9. The van der Waals surface area contributed by atoms with Gasteiger partial charge in [0, 0.05) is 12.2 Å². The maximum atomic E-state index is 13.4. The van der Waals surface area contributed by atoms with E-state index < -0.39 is 6.04 Å². The highest BCUT2D eigenvalue weighted by Crippen LogP contribution is 2.29. The van der Waals surface area contributed by atoms with Crippen LogP contribution in [0, 0.1) is 5.82 Å². The molecule has 0 aromatic heterocycles. The number of benzene rings is 3. The van der Waals surface area contributed by atoms with Crippen molar-refractivity contribution < 1.29 is 18.7 Å². The number of anilines is 2. The molecule has 1 unspecified atom stereocenters. The van der Waals surface area contributed by atoms with E-state index in [4.69, 9.17) is 17.0 Å². The van der Waals surface area contributed by atoms with Gasteiger partial charge in [-0.25, -0.2) is 4.39 Å². The number of halogens is 1. The Morgan fingerprint density at radius 1 is 1.03 bits per heavy atom. The fourth-order valence-corrected chi connectivity index (χ4v) is 4.24. The molecule has 1 N–H and O–H groups in total. The van der Waals surface area contributed by atoms with Crippen molar-refractivity contribution in [1.29, 1.82) is 0 Å². The molecule has 1 heterocycles. The monoisotopic (exact) mass is 491 g/mol. The van der Waals surface area contributed by atoms with E-state index >= 15 is 0 Å². The summed E-state index contributed by atoms with van der Waals surface area (Å²) in [5.74, 6) is -0.207. The molecule has 8 heteroatoms. The number of para-hydroxylation sites is 1. The van der Waals surface area contributed by atoms with Crippen LogP contribution >= 0.6 is 12.2 Å². The van der Waals surface area contributed by atoms with E-state index in [9.17, 15) is 14.0 Å². The lowest BCUT2D eigenvalue weighted by molar-refractivity contribution is -0.124. The third-order valence-electron chi connectivity index (χ3n) is 5.59. The standard InChI is InChI=1S/C27H26FN3O3S/c1-2-16-34-23-14-12-21(13-15-23)29-25(32)17-24-26(33)31(22-6-4-3-5-7-22)27(35)30(24)18-19-8-10-20(28)11-9-19/h3-15,24H,2,16-18H2,1H3,(H,29,32). The highest BCUT2D eigenvalue weighted by Gasteiger charge is 2.44. The fourth-order valence-electron chi connectivity index (χ4n) is 3.86. The Balaban J connectivity index is 1.52. The summed E-state index contributed by atoms with van der Waals surface area (Å²) >= 11 is 5.67. The van der Waals surface area contributed by atoms with E-state index in [2.05, 4.69) is 5.32 Å². The summed E-state index contributed by atoms with van der Waals surface area (Å²) < 4.78 is 19.0. The third-order valence-corrected chi connectivity index (χ3v) is 6.01. The number of carbonyl (C=O) groups is 2. The van der Waals surface area contributed by atoms with Crippen LogP contribution < -0.4 is 15.0 Å². The SMILES string of the molecule is CCCOc1ccc(NC(=O)CC2C(=O)N(c3ccccc3)C(=S)N2Cc2ccc(F)cc2)cc1. The van der Waals surface area contributed by atoms with Crippen LogP contribution in [-0.2, 0) is 16.1 Å². The molecule has 1 aliphatic rings. The largest absolute Gasteiger partial charge is 0.494 e. The molecule has 2 amide bonds. The van der Waals surface area contributed by atoms with Crippen molar-refractivity contribution in [2.75, 3.05) is 16.8 Å². The topological polar surface area (TPSA) is 61.9 Å². The lowest BCUT2D eigenvalue weighted by Crippen LogP contribution is -2.37. The van der Waals surface area contributed by atoms with Crippen LogP contribution in [0.3, 0.4) is 0 Å². The Bertz CT molecular complexity index is 1190. The first-order valence-corrected chi connectivity index (χ1v) is 11.8. The van der Waals surface area contributed by atoms with Gasteiger partial charge in [0.05, 0.1) is 18.7 Å². The van der Waals surface area contributed by atoms with E-state index in [1.807, 2.05) is 25.1 Å². The lowest BCUT2D eigenvalue weighted by atomic mass is 10.1. The number of hydrogen-bond acceptors (Lipinski definition) is 4. The molecule has 0 saturated carbocycles. The van der Waals surface area contributed by atoms with Crippen LogP contribution in [0.15, 0.2) is 78.9 Å². The lowest BCUT2D eigenvalue weighted by Gasteiger charge is -2.24. The first-order valence-electron chi connectivity index (χ1n) is 11.4. The van der Waals surface area contributed by atoms with Gasteiger partial charge in [0.2, 0.25) is 5.91 Å². The highest BCUT2D eigenvalue weighted by molar-refractivity contribution is 7.80. The van der Waals surface area contributed by atoms with Crippen molar-refractivity contribution >= 4 is 40.5 Å². The van der Waals surface area contributed by atoms with Crippen LogP contribution in [0.4, 0.5) is 15.8 Å². The van der Waals surface area contributed by atoms with Gasteiger partial charge in [-0.15, -0.1) is 0 Å². The second-order valence-corrected chi connectivity index (χ2v) is 8.55. The van der Waals surface area contributed by atoms with Gasteiger partial charge in [-0.05, 0) is 72.7 Å². The minimum atomic E-state index is -0.792. The van der Waals surface area contributed by atoms with Gasteiger partial charge >= 0.3 is 0 Å². The van der Waals surface area contributed by atoms with Crippen molar-refractivity contribution in [3.63, 3.8) is 0 Å². The Morgan fingerprint density at radius 2 is 1.71 bits per heavy atom. The Kier molecular flexibility index (Phi) is 7.72. The van der Waals surface area contributed by atoms with E-state index in [1.54, 1.807) is 53.4 Å². The van der Waals surface area contributed by atoms with E-state index in [-0.39, 0.29) is 30.6 Å². The van der Waals surface area contributed by atoms with E-state index in [0.29, 0.717) is 23.1 Å². The molecule has 1 saturated heterocycles. The molecule has 0 radical (unpaired) electrons. The molecule has 6 nitrogen and oxygen atoms in total. The van der Waals surface area contributed by atoms with Gasteiger partial charge in [-0.2, -0.15) is 0 Å². The average Bonchev–Trinajstić information content (AvgIpc) is 3.09. The van der Waals surface area contributed by atoms with Crippen LogP contribution in [0.25, 0.3) is 0 Å². The van der Waals surface area contributed by atoms with Crippen LogP contribution in [-0.4, -0.2) is 34.5 Å². The van der Waals surface area contributed by atoms with Crippen molar-refractivity contribution in [3.05, 3.63) is 90.2 Å². The van der Waals surface area contributed by atoms with Crippen molar-refractivity contribution in [2.24, 2.45) is 0 Å². The smallest absolute Gasteiger partial charge is 0.256 e. The summed E-state index contributed by atoms with van der Waals surface area (Å²) in [6.45, 7) is 2.93. The number of nitrogens with one attached hydrogen (secondary N) is 1. The summed E-state index contributed by atoms with van der Waals surface area (Å²) in [6.07, 6.45) is 0.821. The molecule has 4 rings (SSSR count). The number of hydrogen-bond donors (Lipinski definition) is 1. The fraction of sp³-hybridized carbons (Fsp3) is 0.222. The number of carbonyl (C=O) groups excluding carboxylic acids is 2. The molecule has 1 atom stereocenters. The predicted octanol–water partition coefficient (Wildman–Crippen LogP) is 5.15. The van der Waals surface area contributed by atoms with E-state index in [1.165, 1.54) is 17.0 Å². The van der Waals surface area contributed by atoms with Gasteiger partial charge in [0.1, 0.15) is 17.6 Å². The molecule has 3 aromatic carbocycles. The molecule has 180 valence electrons. The molecule has 0 aliphatic carbocycles. The van der Waals surface area contributed by atoms with Crippen LogP contribution in [0.2, 0.25) is 0 Å². The summed E-state index contributed by atoms with van der Waals surface area (Å²) in [6, 6.07) is 21.4. The summed E-state index contributed by atoms with van der Waals surface area (Å²) in [5, 5.41) is 3.16. The molecule has 0 spiro atoms. The maximum Gasteiger partial charge on any atom is 0.256 e. The Hall–Kier alpha value is -3.78. The molecular formula is C27H26FN3O3S. The van der Waals surface area contributed by atoms with Crippen molar-refractivity contribution in [2.45, 2.75) is 32.4 Å². The molecular weight excluding hydrogens is 465 g/mol. The van der Waals surface area contributed by atoms with Gasteiger partial charge in [-0.3, -0.25) is 14.5 Å². The zero-order valence-electron chi connectivity index (χ0n) is 19.3. The van der Waals surface area contributed by atoms with Crippen LogP contribution in [0.5, 0.6) is 5.75 Å². The number of thiocarbonyl (C=S) groups is 1. The van der Waals surface area contributed by atoms with E-state index in [0.717, 1.165) is 17.7 Å². The summed E-state index contributed by atoms with van der Waals surface area (Å²) in [4.78, 5) is 29.6. The van der Waals surface area contributed by atoms with Crippen molar-refractivity contribution in [3.8, 4) is 5.75 Å². The van der Waals surface area contributed by atoms with Gasteiger partial charge < -0.3 is 15.0 Å². The zero-order chi connectivity index (χ0) is 24.8. The minimum absolute atomic E-state index is 0.0857. The second kappa shape index (κ2) is 11.1. The van der Waals surface area contributed by atoms with Gasteiger partial charge in [0.25, 0.3) is 5.91 Å². The molecule has 35 heavy (non-hydrogen) atoms. The average molecular weight is 492 g/mol. The highest BCUT2D eigenvalue weighted by atomic mass is 32.1. The number of nitrogens with zero attached hydrogens (tertiary/aromatic N) is 2.